The van der Waals surface area contributed by atoms with E-state index in [0.29, 0.717) is 25.3 Å². The molecular weight excluding hydrogens is 392 g/mol. The maximum atomic E-state index is 12.7. The normalized spacial score (nSPS) is 14.0. The van der Waals surface area contributed by atoms with Gasteiger partial charge in [0.1, 0.15) is 18.1 Å². The van der Waals surface area contributed by atoms with E-state index in [0.717, 1.165) is 16.9 Å². The molecule has 152 valence electrons. The van der Waals surface area contributed by atoms with Crippen molar-refractivity contribution in [3.63, 3.8) is 0 Å². The van der Waals surface area contributed by atoms with Gasteiger partial charge in [0.25, 0.3) is 0 Å². The fourth-order valence-corrected chi connectivity index (χ4v) is 4.42. The average Bonchev–Trinajstić information content (AvgIpc) is 3.37. The summed E-state index contributed by atoms with van der Waals surface area (Å²) >= 11 is 0. The standard InChI is InChI=1S/C20H22N4O4S/c1-15-3-5-18(28-15)12-22-29(26,27)19-6-4-16-7-10-23(13-17(16)11-19)20(25)14-24-9-2-8-21-24/h2-6,8-9,11,22H,7,10,12-14H2,1H3. The van der Waals surface area contributed by atoms with E-state index in [-0.39, 0.29) is 23.9 Å². The molecule has 1 N–H and O–H groups in total. The van der Waals surface area contributed by atoms with Crippen LogP contribution >= 0.6 is 0 Å². The minimum atomic E-state index is -3.69. The molecule has 0 unspecified atom stereocenters. The molecule has 0 spiro atoms. The van der Waals surface area contributed by atoms with Crippen molar-refractivity contribution < 1.29 is 17.6 Å². The molecule has 9 heteroatoms. The number of hydrogen-bond donors (Lipinski definition) is 1. The van der Waals surface area contributed by atoms with Crippen LogP contribution in [0, 0.1) is 6.92 Å². The number of fused-ring (bicyclic) bond motifs is 1. The highest BCUT2D eigenvalue weighted by molar-refractivity contribution is 7.89. The predicted octanol–water partition coefficient (Wildman–Crippen LogP) is 1.85. The molecule has 0 bridgehead atoms. The Bertz CT molecular complexity index is 1120. The summed E-state index contributed by atoms with van der Waals surface area (Å²) in [6.07, 6.45) is 4.07. The summed E-state index contributed by atoms with van der Waals surface area (Å²) in [6.45, 7) is 3.05. The summed E-state index contributed by atoms with van der Waals surface area (Å²) in [7, 11) is -3.69. The quantitative estimate of drug-likeness (QED) is 0.664. The van der Waals surface area contributed by atoms with Gasteiger partial charge in [-0.2, -0.15) is 5.10 Å². The van der Waals surface area contributed by atoms with Crippen molar-refractivity contribution in [3.8, 4) is 0 Å². The minimum absolute atomic E-state index is 0.0427. The third-order valence-electron chi connectivity index (χ3n) is 4.94. The molecule has 29 heavy (non-hydrogen) atoms. The lowest BCUT2D eigenvalue weighted by atomic mass is 10.00. The number of hydrogen-bond acceptors (Lipinski definition) is 5. The van der Waals surface area contributed by atoms with Gasteiger partial charge in [-0.05, 0) is 54.8 Å². The van der Waals surface area contributed by atoms with Gasteiger partial charge >= 0.3 is 0 Å². The number of nitrogens with one attached hydrogen (secondary N) is 1. The molecule has 3 aromatic rings. The maximum absolute atomic E-state index is 12.7. The molecule has 0 fully saturated rings. The van der Waals surface area contributed by atoms with Gasteiger partial charge in [-0.3, -0.25) is 9.48 Å². The first kappa shape index (κ1) is 19.4. The monoisotopic (exact) mass is 414 g/mol. The van der Waals surface area contributed by atoms with Crippen LogP contribution in [-0.2, 0) is 40.9 Å². The van der Waals surface area contributed by atoms with Crippen LogP contribution in [-0.4, -0.2) is 35.6 Å². The second kappa shape index (κ2) is 7.84. The second-order valence-electron chi connectivity index (χ2n) is 7.04. The number of aryl methyl sites for hydroxylation is 1. The van der Waals surface area contributed by atoms with Gasteiger partial charge in [0, 0.05) is 25.5 Å². The minimum Gasteiger partial charge on any atom is -0.465 e. The largest absolute Gasteiger partial charge is 0.465 e. The Kier molecular flexibility index (Phi) is 5.25. The van der Waals surface area contributed by atoms with Gasteiger partial charge in [0.2, 0.25) is 15.9 Å². The SMILES string of the molecule is Cc1ccc(CNS(=O)(=O)c2ccc3c(c2)CN(C(=O)Cn2cccn2)CC3)o1. The molecule has 4 rings (SSSR count). The van der Waals surface area contributed by atoms with Crippen molar-refractivity contribution in [2.45, 2.75) is 37.9 Å². The maximum Gasteiger partial charge on any atom is 0.244 e. The van der Waals surface area contributed by atoms with Crippen LogP contribution in [0.5, 0.6) is 0 Å². The van der Waals surface area contributed by atoms with Gasteiger partial charge in [0.05, 0.1) is 11.4 Å². The van der Waals surface area contributed by atoms with Crippen molar-refractivity contribution >= 4 is 15.9 Å². The summed E-state index contributed by atoms with van der Waals surface area (Å²) in [5.74, 6) is 1.24. The second-order valence-corrected chi connectivity index (χ2v) is 8.80. The molecule has 1 aliphatic heterocycles. The lowest BCUT2D eigenvalue weighted by molar-refractivity contribution is -0.133. The molecule has 8 nitrogen and oxygen atoms in total. The topological polar surface area (TPSA) is 97.4 Å². The molecule has 0 radical (unpaired) electrons. The summed E-state index contributed by atoms with van der Waals surface area (Å²) in [5.41, 5.74) is 1.91. The lowest BCUT2D eigenvalue weighted by Gasteiger charge is -2.29. The Morgan fingerprint density at radius 3 is 2.83 bits per heavy atom. The van der Waals surface area contributed by atoms with E-state index in [4.69, 9.17) is 4.42 Å². The van der Waals surface area contributed by atoms with Gasteiger partial charge in [-0.1, -0.05) is 6.07 Å². The molecular formula is C20H22N4O4S. The molecule has 3 heterocycles. The molecule has 0 aliphatic carbocycles. The molecule has 1 aromatic carbocycles. The number of amides is 1. The van der Waals surface area contributed by atoms with Crippen LogP contribution in [0.15, 0.2) is 58.1 Å². The van der Waals surface area contributed by atoms with E-state index < -0.39 is 10.0 Å². The Balaban J connectivity index is 1.47. The number of sulfonamides is 1. The highest BCUT2D eigenvalue weighted by Crippen LogP contribution is 2.23. The summed E-state index contributed by atoms with van der Waals surface area (Å²) < 4.78 is 34.9. The highest BCUT2D eigenvalue weighted by Gasteiger charge is 2.23. The first-order valence-electron chi connectivity index (χ1n) is 9.33. The number of carbonyl (C=O) groups excluding carboxylic acids is 1. The fourth-order valence-electron chi connectivity index (χ4n) is 3.38. The molecule has 1 amide bonds. The van der Waals surface area contributed by atoms with Crippen LogP contribution in [0.2, 0.25) is 0 Å². The number of carbonyl (C=O) groups is 1. The number of benzene rings is 1. The van der Waals surface area contributed by atoms with E-state index in [2.05, 4.69) is 9.82 Å². The van der Waals surface area contributed by atoms with E-state index in [9.17, 15) is 13.2 Å². The van der Waals surface area contributed by atoms with Gasteiger partial charge < -0.3 is 9.32 Å². The van der Waals surface area contributed by atoms with Crippen LogP contribution in [0.4, 0.5) is 0 Å². The van der Waals surface area contributed by atoms with E-state index in [1.165, 1.54) is 0 Å². The molecule has 0 saturated heterocycles. The van der Waals surface area contributed by atoms with E-state index in [1.54, 1.807) is 59.2 Å². The zero-order chi connectivity index (χ0) is 20.4. The zero-order valence-electron chi connectivity index (χ0n) is 16.0. The molecule has 0 atom stereocenters. The van der Waals surface area contributed by atoms with Crippen LogP contribution in [0.25, 0.3) is 0 Å². The van der Waals surface area contributed by atoms with E-state index in [1.807, 2.05) is 6.07 Å². The summed E-state index contributed by atoms with van der Waals surface area (Å²) in [6, 6.07) is 10.4. The third-order valence-corrected chi connectivity index (χ3v) is 6.34. The Hall–Kier alpha value is -2.91. The number of nitrogens with zero attached hydrogens (tertiary/aromatic N) is 3. The molecule has 1 aliphatic rings. The fraction of sp³-hybridized carbons (Fsp3) is 0.300. The number of rotatable bonds is 6. The third kappa shape index (κ3) is 4.41. The van der Waals surface area contributed by atoms with Crippen LogP contribution < -0.4 is 4.72 Å². The van der Waals surface area contributed by atoms with Gasteiger partial charge in [-0.25, -0.2) is 13.1 Å². The average molecular weight is 414 g/mol. The molecule has 2 aromatic heterocycles. The van der Waals surface area contributed by atoms with Gasteiger partial charge in [-0.15, -0.1) is 0 Å². The number of aromatic nitrogens is 2. The van der Waals surface area contributed by atoms with Crippen LogP contribution in [0.1, 0.15) is 22.6 Å². The zero-order valence-corrected chi connectivity index (χ0v) is 16.9. The molecule has 0 saturated carbocycles. The van der Waals surface area contributed by atoms with Crippen molar-refractivity contribution in [2.75, 3.05) is 6.54 Å². The lowest BCUT2D eigenvalue weighted by Crippen LogP contribution is -2.38. The van der Waals surface area contributed by atoms with E-state index >= 15 is 0 Å². The number of furan rings is 1. The van der Waals surface area contributed by atoms with Gasteiger partial charge in [0.15, 0.2) is 0 Å². The van der Waals surface area contributed by atoms with Crippen LogP contribution in [0.3, 0.4) is 0 Å². The first-order valence-corrected chi connectivity index (χ1v) is 10.8. The smallest absolute Gasteiger partial charge is 0.244 e. The highest BCUT2D eigenvalue weighted by atomic mass is 32.2. The predicted molar refractivity (Wildman–Crippen MR) is 105 cm³/mol. The van der Waals surface area contributed by atoms with Crippen molar-refractivity contribution in [1.29, 1.82) is 0 Å². The first-order chi connectivity index (χ1) is 13.9. The summed E-state index contributed by atoms with van der Waals surface area (Å²) in [4.78, 5) is 14.5. The Labute approximate surface area is 169 Å². The Morgan fingerprint density at radius 2 is 2.10 bits per heavy atom. The van der Waals surface area contributed by atoms with Crippen molar-refractivity contribution in [3.05, 3.63) is 71.4 Å². The Morgan fingerprint density at radius 1 is 1.24 bits per heavy atom. The van der Waals surface area contributed by atoms with Crippen molar-refractivity contribution in [1.82, 2.24) is 19.4 Å². The summed E-state index contributed by atoms with van der Waals surface area (Å²) in [5, 5.41) is 4.06. The van der Waals surface area contributed by atoms with Crippen molar-refractivity contribution in [2.24, 2.45) is 0 Å².